The molecule has 1 heterocycles. The second kappa shape index (κ2) is 6.35. The maximum atomic E-state index is 12.0. The molecule has 1 saturated heterocycles. The fraction of sp³-hybridized carbons (Fsp3) is 0.462. The molecule has 4 nitrogen and oxygen atoms in total. The molecule has 0 unspecified atom stereocenters. The Hall–Kier alpha value is -0.430. The zero-order valence-corrected chi connectivity index (χ0v) is 14.1. The number of hydrogen-bond donors (Lipinski definition) is 2. The quantitative estimate of drug-likeness (QED) is 0.829. The summed E-state index contributed by atoms with van der Waals surface area (Å²) in [5, 5.41) is 6.15. The van der Waals surface area contributed by atoms with E-state index in [1.54, 1.807) is 0 Å². The number of nitrogens with zero attached hydrogens (tertiary/aromatic N) is 1. The molecule has 1 aromatic rings. The van der Waals surface area contributed by atoms with Gasteiger partial charge < -0.3 is 10.6 Å². The summed E-state index contributed by atoms with van der Waals surface area (Å²) in [5.74, 6) is -0.000321. The average molecular weight is 391 g/mol. The Morgan fingerprint density at radius 1 is 1.42 bits per heavy atom. The van der Waals surface area contributed by atoms with Crippen molar-refractivity contribution in [2.24, 2.45) is 0 Å². The summed E-state index contributed by atoms with van der Waals surface area (Å²) in [7, 11) is 1.98. The molecule has 2 N–H and O–H groups in total. The first-order valence-electron chi connectivity index (χ1n) is 6.14. The van der Waals surface area contributed by atoms with E-state index >= 15 is 0 Å². The Morgan fingerprint density at radius 2 is 2.00 bits per heavy atom. The summed E-state index contributed by atoms with van der Waals surface area (Å²) in [6.07, 6.45) is 0. The third kappa shape index (κ3) is 3.78. The number of likely N-dealkylation sites (N-methyl/N-ethyl adjacent to an activating group) is 1. The number of benzene rings is 1. The van der Waals surface area contributed by atoms with E-state index in [-0.39, 0.29) is 5.91 Å². The Labute approximate surface area is 130 Å². The Morgan fingerprint density at radius 3 is 2.47 bits per heavy atom. The van der Waals surface area contributed by atoms with Crippen LogP contribution in [0.5, 0.6) is 0 Å². The predicted octanol–water partition coefficient (Wildman–Crippen LogP) is 2.36. The van der Waals surface area contributed by atoms with E-state index in [2.05, 4.69) is 47.4 Å². The van der Waals surface area contributed by atoms with Crippen LogP contribution in [0.4, 0.5) is 5.69 Å². The molecule has 1 amide bonds. The second-order valence-corrected chi connectivity index (χ2v) is 6.59. The summed E-state index contributed by atoms with van der Waals surface area (Å²) in [4.78, 5) is 14.1. The Balaban J connectivity index is 1.98. The highest BCUT2D eigenvalue weighted by Gasteiger charge is 2.23. The number of carbonyl (C=O) groups excluding carboxylic acids is 1. The largest absolute Gasteiger partial charge is 0.323 e. The van der Waals surface area contributed by atoms with E-state index < -0.39 is 0 Å². The van der Waals surface area contributed by atoms with Crippen molar-refractivity contribution in [2.45, 2.75) is 13.0 Å². The molecule has 0 atom stereocenters. The first-order valence-corrected chi connectivity index (χ1v) is 7.72. The number of hydrogen-bond acceptors (Lipinski definition) is 3. The first-order chi connectivity index (χ1) is 8.97. The lowest BCUT2D eigenvalue weighted by molar-refractivity contribution is -0.117. The second-order valence-electron chi connectivity index (χ2n) is 4.88. The molecule has 0 saturated carbocycles. The average Bonchev–Trinajstić information content (AvgIpc) is 2.20. The van der Waals surface area contributed by atoms with Gasteiger partial charge in [-0.25, -0.2) is 0 Å². The van der Waals surface area contributed by atoms with Crippen molar-refractivity contribution in [3.63, 3.8) is 0 Å². The minimum Gasteiger partial charge on any atom is -0.323 e. The van der Waals surface area contributed by atoms with E-state index in [9.17, 15) is 4.79 Å². The van der Waals surface area contributed by atoms with E-state index in [0.717, 1.165) is 33.3 Å². The minimum atomic E-state index is -0.000321. The van der Waals surface area contributed by atoms with Crippen molar-refractivity contribution >= 4 is 43.5 Å². The van der Waals surface area contributed by atoms with Gasteiger partial charge in [0.25, 0.3) is 0 Å². The zero-order valence-electron chi connectivity index (χ0n) is 11.0. The van der Waals surface area contributed by atoms with E-state index in [1.807, 2.05) is 26.1 Å². The lowest BCUT2D eigenvalue weighted by Crippen LogP contribution is -2.57. The van der Waals surface area contributed by atoms with Crippen molar-refractivity contribution < 1.29 is 4.79 Å². The van der Waals surface area contributed by atoms with Gasteiger partial charge in [-0.05, 0) is 63.5 Å². The smallest absolute Gasteiger partial charge is 0.238 e. The molecule has 6 heteroatoms. The van der Waals surface area contributed by atoms with Gasteiger partial charge in [0.2, 0.25) is 5.91 Å². The predicted molar refractivity (Wildman–Crippen MR) is 84.5 cm³/mol. The summed E-state index contributed by atoms with van der Waals surface area (Å²) < 4.78 is 1.78. The third-order valence-corrected chi connectivity index (χ3v) is 4.48. The van der Waals surface area contributed by atoms with Crippen LogP contribution in [0, 0.1) is 6.92 Å². The molecule has 104 valence electrons. The molecule has 0 bridgehead atoms. The van der Waals surface area contributed by atoms with Crippen LogP contribution < -0.4 is 10.6 Å². The highest BCUT2D eigenvalue weighted by atomic mass is 79.9. The van der Waals surface area contributed by atoms with Crippen LogP contribution in [0.15, 0.2) is 21.1 Å². The van der Waals surface area contributed by atoms with Crippen molar-refractivity contribution in [3.8, 4) is 0 Å². The number of aryl methyl sites for hydroxylation is 1. The SMILES string of the molecule is Cc1cc(Br)c(NC(=O)CN(C)C2CNC2)c(Br)c1. The highest BCUT2D eigenvalue weighted by molar-refractivity contribution is 9.11. The molecular formula is C13H17Br2N3O. The first kappa shape index (κ1) is 15.0. The van der Waals surface area contributed by atoms with Gasteiger partial charge in [0.05, 0.1) is 12.2 Å². The fourth-order valence-electron chi connectivity index (χ4n) is 1.94. The molecule has 0 aliphatic carbocycles. The fourth-order valence-corrected chi connectivity index (χ4v) is 3.55. The van der Waals surface area contributed by atoms with Gasteiger partial charge in [0, 0.05) is 28.1 Å². The van der Waals surface area contributed by atoms with Gasteiger partial charge in [-0.1, -0.05) is 0 Å². The Kier molecular flexibility index (Phi) is 5.00. The zero-order chi connectivity index (χ0) is 14.0. The number of nitrogens with one attached hydrogen (secondary N) is 2. The summed E-state index contributed by atoms with van der Waals surface area (Å²) >= 11 is 6.96. The van der Waals surface area contributed by atoms with Gasteiger partial charge in [0.15, 0.2) is 0 Å². The molecule has 1 aromatic carbocycles. The molecule has 1 fully saturated rings. The van der Waals surface area contributed by atoms with Gasteiger partial charge in [-0.3, -0.25) is 9.69 Å². The van der Waals surface area contributed by atoms with E-state index in [0.29, 0.717) is 12.6 Å². The third-order valence-electron chi connectivity index (χ3n) is 3.23. The molecule has 1 aliphatic rings. The van der Waals surface area contributed by atoms with E-state index in [4.69, 9.17) is 0 Å². The van der Waals surface area contributed by atoms with Crippen LogP contribution in [-0.4, -0.2) is 43.5 Å². The summed E-state index contributed by atoms with van der Waals surface area (Å²) in [6, 6.07) is 4.44. The monoisotopic (exact) mass is 389 g/mol. The number of carbonyl (C=O) groups is 1. The lowest BCUT2D eigenvalue weighted by atomic mass is 10.1. The van der Waals surface area contributed by atoms with Crippen LogP contribution in [0.25, 0.3) is 0 Å². The van der Waals surface area contributed by atoms with Crippen LogP contribution in [0.1, 0.15) is 5.56 Å². The van der Waals surface area contributed by atoms with Crippen molar-refractivity contribution in [2.75, 3.05) is 32.0 Å². The molecule has 19 heavy (non-hydrogen) atoms. The normalized spacial score (nSPS) is 15.4. The topological polar surface area (TPSA) is 44.4 Å². The number of rotatable bonds is 4. The van der Waals surface area contributed by atoms with Gasteiger partial charge in [-0.15, -0.1) is 0 Å². The molecular weight excluding hydrogens is 374 g/mol. The summed E-state index contributed by atoms with van der Waals surface area (Å²) in [6.45, 7) is 4.33. The van der Waals surface area contributed by atoms with Gasteiger partial charge >= 0.3 is 0 Å². The molecule has 1 aliphatic heterocycles. The van der Waals surface area contributed by atoms with Crippen molar-refractivity contribution in [1.82, 2.24) is 10.2 Å². The molecule has 0 aromatic heterocycles. The minimum absolute atomic E-state index is 0.000321. The Bertz CT molecular complexity index is 466. The van der Waals surface area contributed by atoms with Crippen LogP contribution in [0.2, 0.25) is 0 Å². The van der Waals surface area contributed by atoms with Gasteiger partial charge in [-0.2, -0.15) is 0 Å². The lowest BCUT2D eigenvalue weighted by Gasteiger charge is -2.35. The van der Waals surface area contributed by atoms with Crippen molar-refractivity contribution in [1.29, 1.82) is 0 Å². The summed E-state index contributed by atoms with van der Waals surface area (Å²) in [5.41, 5.74) is 1.92. The molecule has 0 spiro atoms. The molecule has 0 radical (unpaired) electrons. The number of halogens is 2. The maximum Gasteiger partial charge on any atom is 0.238 e. The van der Waals surface area contributed by atoms with Crippen LogP contribution in [0.3, 0.4) is 0 Å². The number of anilines is 1. The maximum absolute atomic E-state index is 12.0. The van der Waals surface area contributed by atoms with Crippen molar-refractivity contribution in [3.05, 3.63) is 26.6 Å². The standard InChI is InChI=1S/C13H17Br2N3O/c1-8-3-10(14)13(11(15)4-8)17-12(19)7-18(2)9-5-16-6-9/h3-4,9,16H,5-7H2,1-2H3,(H,17,19). The highest BCUT2D eigenvalue weighted by Crippen LogP contribution is 2.32. The number of amides is 1. The van der Waals surface area contributed by atoms with Crippen LogP contribution in [-0.2, 0) is 4.79 Å². The van der Waals surface area contributed by atoms with E-state index in [1.165, 1.54) is 0 Å². The molecule has 2 rings (SSSR count). The van der Waals surface area contributed by atoms with Crippen LogP contribution >= 0.6 is 31.9 Å². The van der Waals surface area contributed by atoms with Gasteiger partial charge in [0.1, 0.15) is 0 Å².